The van der Waals surface area contributed by atoms with Crippen LogP contribution >= 0.6 is 11.6 Å². The number of hydrogen-bond acceptors (Lipinski definition) is 4. The van der Waals surface area contributed by atoms with Gasteiger partial charge in [-0.3, -0.25) is 5.01 Å². The Morgan fingerprint density at radius 2 is 1.74 bits per heavy atom. The molecule has 1 unspecified atom stereocenters. The first-order chi connectivity index (χ1) is 14.9. The molecule has 1 atom stereocenters. The molecule has 2 aromatic rings. The van der Waals surface area contributed by atoms with Crippen molar-refractivity contribution in [3.8, 4) is 0 Å². The van der Waals surface area contributed by atoms with E-state index >= 15 is 0 Å². The van der Waals surface area contributed by atoms with Gasteiger partial charge in [0, 0.05) is 25.2 Å². The Morgan fingerprint density at radius 1 is 1.06 bits per heavy atom. The van der Waals surface area contributed by atoms with Gasteiger partial charge in [0.2, 0.25) is 0 Å². The lowest BCUT2D eigenvalue weighted by atomic mass is 9.91. The highest BCUT2D eigenvalue weighted by molar-refractivity contribution is 7.87. The number of benzene rings is 2. The third kappa shape index (κ3) is 5.08. The van der Waals surface area contributed by atoms with E-state index in [4.69, 9.17) is 16.7 Å². The summed E-state index contributed by atoms with van der Waals surface area (Å²) in [7, 11) is -1.92. The van der Waals surface area contributed by atoms with E-state index in [-0.39, 0.29) is 5.92 Å². The molecule has 2 aromatic carbocycles. The van der Waals surface area contributed by atoms with Crippen LogP contribution in [0.1, 0.15) is 36.3 Å². The molecular weight excluding hydrogens is 434 g/mol. The van der Waals surface area contributed by atoms with Gasteiger partial charge in [-0.15, -0.1) is 4.40 Å². The smallest absolute Gasteiger partial charge is 0.261 e. The Balaban J connectivity index is 1.57. The standard InChI is InChI=1S/C22H26ClN5O2S/c1-26(17-24-31(29,30)27-14-6-3-7-15-27)28-16-21(18-8-4-2-5-9-18)22(25-28)19-10-12-20(23)13-11-19/h2,4-5,8-13,17,21H,3,6-7,14-16H2,1H3. The normalized spacial score (nSPS) is 20.3. The van der Waals surface area contributed by atoms with Crippen LogP contribution in [0.15, 0.2) is 64.1 Å². The molecule has 0 radical (unpaired) electrons. The largest absolute Gasteiger partial charge is 0.323 e. The van der Waals surface area contributed by atoms with Crippen LogP contribution in [0, 0.1) is 0 Å². The van der Waals surface area contributed by atoms with E-state index in [0.717, 1.165) is 36.1 Å². The van der Waals surface area contributed by atoms with E-state index in [1.165, 1.54) is 10.6 Å². The van der Waals surface area contributed by atoms with Crippen molar-refractivity contribution in [1.29, 1.82) is 0 Å². The van der Waals surface area contributed by atoms with Crippen molar-refractivity contribution in [3.05, 3.63) is 70.7 Å². The SMILES string of the molecule is CN(C=NS(=O)(=O)N1CCCCC1)N1CC(c2ccccc2)C(c2ccc(Cl)cc2)=N1. The van der Waals surface area contributed by atoms with Crippen LogP contribution in [0.25, 0.3) is 0 Å². The molecule has 2 aliphatic rings. The van der Waals surface area contributed by atoms with Crippen molar-refractivity contribution in [1.82, 2.24) is 14.4 Å². The Hall–Kier alpha value is -2.42. The van der Waals surface area contributed by atoms with E-state index in [0.29, 0.717) is 24.7 Å². The van der Waals surface area contributed by atoms with Gasteiger partial charge in [0.25, 0.3) is 0 Å². The number of halogens is 1. The van der Waals surface area contributed by atoms with E-state index in [1.54, 1.807) is 17.2 Å². The Kier molecular flexibility index (Phi) is 6.60. The van der Waals surface area contributed by atoms with Gasteiger partial charge in [-0.25, -0.2) is 5.12 Å². The van der Waals surface area contributed by atoms with Crippen molar-refractivity contribution >= 4 is 33.9 Å². The van der Waals surface area contributed by atoms with E-state index in [9.17, 15) is 8.42 Å². The van der Waals surface area contributed by atoms with Crippen LogP contribution in [0.5, 0.6) is 0 Å². The molecule has 164 valence electrons. The fourth-order valence-corrected chi connectivity index (χ4v) is 5.10. The first kappa shape index (κ1) is 21.8. The summed E-state index contributed by atoms with van der Waals surface area (Å²) in [6.45, 7) is 1.64. The third-order valence-corrected chi connectivity index (χ3v) is 7.22. The van der Waals surface area contributed by atoms with Crippen LogP contribution in [-0.2, 0) is 10.2 Å². The average molecular weight is 460 g/mol. The first-order valence-corrected chi connectivity index (χ1v) is 12.2. The quantitative estimate of drug-likeness (QED) is 0.487. The summed E-state index contributed by atoms with van der Waals surface area (Å²) in [5, 5.41) is 8.83. The maximum atomic E-state index is 12.5. The van der Waals surface area contributed by atoms with Crippen molar-refractivity contribution in [3.63, 3.8) is 0 Å². The average Bonchev–Trinajstić information content (AvgIpc) is 3.25. The molecule has 0 saturated carbocycles. The summed E-state index contributed by atoms with van der Waals surface area (Å²) in [4.78, 5) is 0. The molecule has 1 fully saturated rings. The highest BCUT2D eigenvalue weighted by Crippen LogP contribution is 2.29. The Labute approximate surface area is 188 Å². The predicted molar refractivity (Wildman–Crippen MR) is 124 cm³/mol. The fourth-order valence-electron chi connectivity index (χ4n) is 3.86. The first-order valence-electron chi connectivity index (χ1n) is 10.4. The highest BCUT2D eigenvalue weighted by Gasteiger charge is 2.31. The molecule has 0 amide bonds. The minimum atomic E-state index is -3.67. The molecule has 0 bridgehead atoms. The van der Waals surface area contributed by atoms with Gasteiger partial charge in [0.1, 0.15) is 6.34 Å². The minimum Gasteiger partial charge on any atom is -0.261 e. The Bertz CT molecular complexity index is 1050. The fraction of sp³-hybridized carbons (Fsp3) is 0.364. The van der Waals surface area contributed by atoms with E-state index < -0.39 is 10.2 Å². The monoisotopic (exact) mass is 459 g/mol. The number of hydrazine groups is 1. The number of piperidine rings is 1. The molecule has 1 saturated heterocycles. The molecule has 0 N–H and O–H groups in total. The molecule has 0 aromatic heterocycles. The van der Waals surface area contributed by atoms with Gasteiger partial charge in [0.15, 0.2) is 0 Å². The second kappa shape index (κ2) is 9.38. The second-order valence-electron chi connectivity index (χ2n) is 7.74. The number of hydrazone groups is 1. The van der Waals surface area contributed by atoms with Crippen LogP contribution < -0.4 is 0 Å². The number of rotatable bonds is 6. The van der Waals surface area contributed by atoms with Crippen molar-refractivity contribution in [2.75, 3.05) is 26.7 Å². The molecule has 0 spiro atoms. The molecule has 4 rings (SSSR count). The van der Waals surface area contributed by atoms with Gasteiger partial charge in [-0.05, 0) is 36.1 Å². The zero-order valence-electron chi connectivity index (χ0n) is 17.4. The van der Waals surface area contributed by atoms with Crippen molar-refractivity contribution in [2.45, 2.75) is 25.2 Å². The maximum absolute atomic E-state index is 12.5. The number of hydrogen-bond donors (Lipinski definition) is 0. The Morgan fingerprint density at radius 3 is 2.42 bits per heavy atom. The zero-order valence-corrected chi connectivity index (χ0v) is 19.0. The third-order valence-electron chi connectivity index (χ3n) is 5.59. The zero-order chi connectivity index (χ0) is 21.8. The van der Waals surface area contributed by atoms with Crippen LogP contribution in [0.3, 0.4) is 0 Å². The van der Waals surface area contributed by atoms with Crippen LogP contribution in [0.4, 0.5) is 0 Å². The lowest BCUT2D eigenvalue weighted by molar-refractivity contribution is 0.0919. The predicted octanol–water partition coefficient (Wildman–Crippen LogP) is 3.75. The molecular formula is C22H26ClN5O2S. The van der Waals surface area contributed by atoms with Gasteiger partial charge < -0.3 is 0 Å². The molecule has 9 heteroatoms. The lowest BCUT2D eigenvalue weighted by Gasteiger charge is -2.26. The number of nitrogens with zero attached hydrogens (tertiary/aromatic N) is 5. The molecule has 7 nitrogen and oxygen atoms in total. The van der Waals surface area contributed by atoms with Gasteiger partial charge in [-0.2, -0.15) is 17.8 Å². The second-order valence-corrected chi connectivity index (χ2v) is 9.80. The summed E-state index contributed by atoms with van der Waals surface area (Å²) in [6.07, 6.45) is 4.15. The maximum Gasteiger partial charge on any atom is 0.323 e. The van der Waals surface area contributed by atoms with Crippen molar-refractivity contribution < 1.29 is 8.42 Å². The van der Waals surface area contributed by atoms with Gasteiger partial charge in [0.05, 0.1) is 18.2 Å². The summed E-state index contributed by atoms with van der Waals surface area (Å²) in [6, 6.07) is 17.8. The summed E-state index contributed by atoms with van der Waals surface area (Å²) < 4.78 is 30.4. The highest BCUT2D eigenvalue weighted by atomic mass is 35.5. The summed E-state index contributed by atoms with van der Waals surface area (Å²) in [5.41, 5.74) is 3.03. The molecule has 2 heterocycles. The van der Waals surface area contributed by atoms with Crippen LogP contribution in [-0.4, -0.2) is 61.6 Å². The summed E-state index contributed by atoms with van der Waals surface area (Å²) >= 11 is 6.06. The van der Waals surface area contributed by atoms with Gasteiger partial charge in [-0.1, -0.05) is 60.5 Å². The van der Waals surface area contributed by atoms with E-state index in [2.05, 4.69) is 16.5 Å². The minimum absolute atomic E-state index is 0.0388. The molecule has 2 aliphatic heterocycles. The van der Waals surface area contributed by atoms with Crippen molar-refractivity contribution in [2.24, 2.45) is 9.50 Å². The molecule has 0 aliphatic carbocycles. The summed E-state index contributed by atoms with van der Waals surface area (Å²) in [5.74, 6) is 0.0388. The van der Waals surface area contributed by atoms with Crippen LogP contribution in [0.2, 0.25) is 5.02 Å². The van der Waals surface area contributed by atoms with E-state index in [1.807, 2.05) is 42.5 Å². The van der Waals surface area contributed by atoms with Gasteiger partial charge >= 0.3 is 10.2 Å². The topological polar surface area (TPSA) is 68.6 Å². The molecule has 31 heavy (non-hydrogen) atoms. The lowest BCUT2D eigenvalue weighted by Crippen LogP contribution is -2.37.